The first-order valence-electron chi connectivity index (χ1n) is 4.66. The normalized spacial score (nSPS) is 14.9. The molecule has 0 aromatic carbocycles. The van der Waals surface area contributed by atoms with Crippen LogP contribution in [0.2, 0.25) is 0 Å². The number of carbonyl (C=O) groups excluding carboxylic acids is 1. The molecule has 0 aromatic heterocycles. The molecule has 84 valence electrons. The van der Waals surface area contributed by atoms with Crippen LogP contribution in [0.5, 0.6) is 0 Å². The van der Waals surface area contributed by atoms with Gasteiger partial charge in [0.15, 0.2) is 0 Å². The number of methoxy groups -OCH3 is 1. The summed E-state index contributed by atoms with van der Waals surface area (Å²) in [5.41, 5.74) is 5.40. The third-order valence-electron chi connectivity index (χ3n) is 2.00. The van der Waals surface area contributed by atoms with Crippen molar-refractivity contribution in [2.45, 2.75) is 24.7 Å². The van der Waals surface area contributed by atoms with Gasteiger partial charge in [0.05, 0.1) is 12.5 Å². The standard InChI is InChI=1S/C9H20N2O2S/c1-7(14-3)6-11-9(12)4-8(5-10)13-2/h7-8H,4-6,10H2,1-3H3,(H,11,12). The number of carbonyl (C=O) groups is 1. The van der Waals surface area contributed by atoms with Crippen LogP contribution in [0.3, 0.4) is 0 Å². The molecule has 2 unspecified atom stereocenters. The molecule has 5 heteroatoms. The van der Waals surface area contributed by atoms with Gasteiger partial charge in [-0.2, -0.15) is 11.8 Å². The molecule has 0 fully saturated rings. The van der Waals surface area contributed by atoms with E-state index in [1.54, 1.807) is 18.9 Å². The Balaban J connectivity index is 3.64. The van der Waals surface area contributed by atoms with Crippen LogP contribution in [0.15, 0.2) is 0 Å². The summed E-state index contributed by atoms with van der Waals surface area (Å²) in [6.07, 6.45) is 2.20. The highest BCUT2D eigenvalue weighted by molar-refractivity contribution is 7.99. The predicted molar refractivity (Wildman–Crippen MR) is 60.5 cm³/mol. The highest BCUT2D eigenvalue weighted by Gasteiger charge is 2.11. The van der Waals surface area contributed by atoms with Crippen LogP contribution in [0, 0.1) is 0 Å². The zero-order chi connectivity index (χ0) is 11.0. The van der Waals surface area contributed by atoms with Gasteiger partial charge in [0.1, 0.15) is 0 Å². The minimum Gasteiger partial charge on any atom is -0.380 e. The molecule has 0 spiro atoms. The van der Waals surface area contributed by atoms with E-state index in [4.69, 9.17) is 10.5 Å². The molecule has 0 saturated carbocycles. The molecule has 3 N–H and O–H groups in total. The topological polar surface area (TPSA) is 64.3 Å². The Morgan fingerprint density at radius 1 is 1.64 bits per heavy atom. The largest absolute Gasteiger partial charge is 0.380 e. The fraction of sp³-hybridized carbons (Fsp3) is 0.889. The summed E-state index contributed by atoms with van der Waals surface area (Å²) in [5.74, 6) is 0.00296. The van der Waals surface area contributed by atoms with Gasteiger partial charge in [0, 0.05) is 25.4 Å². The van der Waals surface area contributed by atoms with Crippen LogP contribution in [-0.2, 0) is 9.53 Å². The molecule has 0 bridgehead atoms. The minimum absolute atomic E-state index is 0.00296. The average molecular weight is 220 g/mol. The van der Waals surface area contributed by atoms with Crippen molar-refractivity contribution in [2.75, 3.05) is 26.5 Å². The van der Waals surface area contributed by atoms with Gasteiger partial charge >= 0.3 is 0 Å². The number of amides is 1. The van der Waals surface area contributed by atoms with Crippen molar-refractivity contribution >= 4 is 17.7 Å². The number of nitrogens with two attached hydrogens (primary N) is 1. The van der Waals surface area contributed by atoms with E-state index >= 15 is 0 Å². The average Bonchev–Trinajstić information content (AvgIpc) is 2.22. The van der Waals surface area contributed by atoms with E-state index in [1.165, 1.54) is 0 Å². The van der Waals surface area contributed by atoms with Gasteiger partial charge in [-0.1, -0.05) is 6.92 Å². The molecule has 0 heterocycles. The molecule has 0 radical (unpaired) electrons. The molecule has 0 aliphatic heterocycles. The molecule has 4 nitrogen and oxygen atoms in total. The number of ether oxygens (including phenoxy) is 1. The van der Waals surface area contributed by atoms with Crippen molar-refractivity contribution in [3.8, 4) is 0 Å². The van der Waals surface area contributed by atoms with E-state index in [0.29, 0.717) is 24.8 Å². The Morgan fingerprint density at radius 3 is 2.71 bits per heavy atom. The second-order valence-corrected chi connectivity index (χ2v) is 4.42. The summed E-state index contributed by atoms with van der Waals surface area (Å²) in [5, 5.41) is 3.28. The lowest BCUT2D eigenvalue weighted by Crippen LogP contribution is -2.34. The van der Waals surface area contributed by atoms with Gasteiger partial charge in [-0.15, -0.1) is 0 Å². The monoisotopic (exact) mass is 220 g/mol. The summed E-state index contributed by atoms with van der Waals surface area (Å²) in [6, 6.07) is 0. The van der Waals surface area contributed by atoms with Crippen molar-refractivity contribution in [3.05, 3.63) is 0 Å². The third kappa shape index (κ3) is 6.23. The smallest absolute Gasteiger partial charge is 0.222 e. The quantitative estimate of drug-likeness (QED) is 0.644. The molecule has 0 aliphatic rings. The highest BCUT2D eigenvalue weighted by Crippen LogP contribution is 2.03. The van der Waals surface area contributed by atoms with Gasteiger partial charge in [-0.25, -0.2) is 0 Å². The van der Waals surface area contributed by atoms with Gasteiger partial charge < -0.3 is 15.8 Å². The Hall–Kier alpha value is -0.260. The summed E-state index contributed by atoms with van der Waals surface area (Å²) in [7, 11) is 1.56. The number of nitrogens with one attached hydrogen (secondary N) is 1. The van der Waals surface area contributed by atoms with Crippen molar-refractivity contribution in [3.63, 3.8) is 0 Å². The third-order valence-corrected chi connectivity index (χ3v) is 2.97. The van der Waals surface area contributed by atoms with Gasteiger partial charge in [-0.05, 0) is 6.26 Å². The lowest BCUT2D eigenvalue weighted by molar-refractivity contribution is -0.123. The van der Waals surface area contributed by atoms with Crippen LogP contribution < -0.4 is 11.1 Å². The molecule has 0 aromatic rings. The fourth-order valence-corrected chi connectivity index (χ4v) is 1.13. The van der Waals surface area contributed by atoms with Crippen LogP contribution in [0.25, 0.3) is 0 Å². The molecule has 0 aliphatic carbocycles. The van der Waals surface area contributed by atoms with Gasteiger partial charge in [-0.3, -0.25) is 4.79 Å². The lowest BCUT2D eigenvalue weighted by atomic mass is 10.2. The van der Waals surface area contributed by atoms with Crippen LogP contribution >= 0.6 is 11.8 Å². The summed E-state index contributed by atoms with van der Waals surface area (Å²) >= 11 is 1.73. The van der Waals surface area contributed by atoms with E-state index in [0.717, 1.165) is 0 Å². The first kappa shape index (κ1) is 13.7. The number of rotatable bonds is 7. The van der Waals surface area contributed by atoms with Gasteiger partial charge in [0.25, 0.3) is 0 Å². The molecular formula is C9H20N2O2S. The predicted octanol–water partition coefficient (Wildman–Crippen LogP) is 0.218. The second-order valence-electron chi connectivity index (χ2n) is 3.15. The molecule has 0 rings (SSSR count). The Labute approximate surface area is 89.9 Å². The number of hydrogen-bond acceptors (Lipinski definition) is 4. The minimum atomic E-state index is -0.167. The van der Waals surface area contributed by atoms with E-state index in [1.807, 2.05) is 6.26 Å². The van der Waals surface area contributed by atoms with Crippen LogP contribution in [0.1, 0.15) is 13.3 Å². The van der Waals surface area contributed by atoms with Crippen molar-refractivity contribution < 1.29 is 9.53 Å². The fourth-order valence-electron chi connectivity index (χ4n) is 0.883. The number of hydrogen-bond donors (Lipinski definition) is 2. The zero-order valence-corrected chi connectivity index (χ0v) is 9.89. The zero-order valence-electron chi connectivity index (χ0n) is 9.08. The summed E-state index contributed by atoms with van der Waals surface area (Å²) in [6.45, 7) is 3.14. The maximum absolute atomic E-state index is 11.3. The highest BCUT2D eigenvalue weighted by atomic mass is 32.2. The molecule has 0 saturated heterocycles. The summed E-state index contributed by atoms with van der Waals surface area (Å²) < 4.78 is 5.01. The van der Waals surface area contributed by atoms with E-state index in [2.05, 4.69) is 12.2 Å². The maximum atomic E-state index is 11.3. The first-order valence-corrected chi connectivity index (χ1v) is 5.95. The van der Waals surface area contributed by atoms with Crippen LogP contribution in [0.4, 0.5) is 0 Å². The Kier molecular flexibility index (Phi) is 7.93. The Morgan fingerprint density at radius 2 is 2.29 bits per heavy atom. The van der Waals surface area contributed by atoms with E-state index in [-0.39, 0.29) is 12.0 Å². The maximum Gasteiger partial charge on any atom is 0.222 e. The van der Waals surface area contributed by atoms with Crippen molar-refractivity contribution in [1.29, 1.82) is 0 Å². The number of thioether (sulfide) groups is 1. The summed E-state index contributed by atoms with van der Waals surface area (Å²) in [4.78, 5) is 11.3. The van der Waals surface area contributed by atoms with Crippen molar-refractivity contribution in [2.24, 2.45) is 5.73 Å². The van der Waals surface area contributed by atoms with Crippen LogP contribution in [-0.4, -0.2) is 43.7 Å². The molecular weight excluding hydrogens is 200 g/mol. The second kappa shape index (κ2) is 8.08. The van der Waals surface area contributed by atoms with E-state index in [9.17, 15) is 4.79 Å². The van der Waals surface area contributed by atoms with E-state index < -0.39 is 0 Å². The SMILES string of the molecule is COC(CN)CC(=O)NCC(C)SC. The molecule has 2 atom stereocenters. The van der Waals surface area contributed by atoms with Gasteiger partial charge in [0.2, 0.25) is 5.91 Å². The first-order chi connectivity index (χ1) is 6.63. The molecule has 1 amide bonds. The Bertz CT molecular complexity index is 163. The van der Waals surface area contributed by atoms with Crippen molar-refractivity contribution in [1.82, 2.24) is 5.32 Å². The lowest BCUT2D eigenvalue weighted by Gasteiger charge is -2.14. The molecule has 14 heavy (non-hydrogen) atoms.